The smallest absolute Gasteiger partial charge is 0.462 e. The van der Waals surface area contributed by atoms with Gasteiger partial charge >= 0.3 is 19.8 Å². The van der Waals surface area contributed by atoms with Crippen molar-refractivity contribution in [2.24, 2.45) is 5.92 Å². The molecule has 0 aliphatic carbocycles. The summed E-state index contributed by atoms with van der Waals surface area (Å²) >= 11 is 0. The minimum Gasteiger partial charge on any atom is -0.462 e. The van der Waals surface area contributed by atoms with Gasteiger partial charge in [0.2, 0.25) is 0 Å². The van der Waals surface area contributed by atoms with Gasteiger partial charge in [0, 0.05) is 12.8 Å². The highest BCUT2D eigenvalue weighted by Gasteiger charge is 2.27. The van der Waals surface area contributed by atoms with Crippen LogP contribution < -0.4 is 0 Å². The lowest BCUT2D eigenvalue weighted by atomic mass is 9.99. The van der Waals surface area contributed by atoms with Crippen LogP contribution in [0.5, 0.6) is 0 Å². The molecule has 2 unspecified atom stereocenters. The number of ether oxygens (including phenoxy) is 2. The molecule has 5 N–H and O–H groups in total. The third kappa shape index (κ3) is 37.6. The summed E-state index contributed by atoms with van der Waals surface area (Å²) in [6.45, 7) is 4.28. The minimum atomic E-state index is -4.68. The molecule has 0 aliphatic heterocycles. The van der Waals surface area contributed by atoms with Crippen molar-refractivity contribution in [2.75, 3.05) is 26.4 Å². The molecule has 0 saturated heterocycles. The lowest BCUT2D eigenvalue weighted by Gasteiger charge is -2.20. The van der Waals surface area contributed by atoms with E-state index < -0.39 is 64.0 Å². The molecule has 0 heterocycles. The molecule has 0 aromatic heterocycles. The molecular formula is C45H77O12P. The van der Waals surface area contributed by atoms with E-state index in [1.807, 2.05) is 49.5 Å². The highest BCUT2D eigenvalue weighted by atomic mass is 31.2. The predicted molar refractivity (Wildman–Crippen MR) is 231 cm³/mol. The third-order valence-corrected chi connectivity index (χ3v) is 10.0. The van der Waals surface area contributed by atoms with Gasteiger partial charge in [-0.25, -0.2) is 4.57 Å². The fourth-order valence-electron chi connectivity index (χ4n) is 5.36. The maximum atomic E-state index is 12.6. The topological polar surface area (TPSA) is 189 Å². The van der Waals surface area contributed by atoms with Gasteiger partial charge < -0.3 is 34.8 Å². The third-order valence-electron chi connectivity index (χ3n) is 9.09. The summed E-state index contributed by atoms with van der Waals surface area (Å²) in [6.07, 6.45) is 35.2. The molecule has 0 aromatic rings. The largest absolute Gasteiger partial charge is 0.472 e. The van der Waals surface area contributed by atoms with Gasteiger partial charge in [0.05, 0.1) is 32.0 Å². The predicted octanol–water partition coefficient (Wildman–Crippen LogP) is 9.08. The molecule has 13 heteroatoms. The van der Waals surface area contributed by atoms with Crippen LogP contribution in [-0.4, -0.2) is 88.1 Å². The molecule has 0 spiro atoms. The molecule has 12 nitrogen and oxygen atoms in total. The molecule has 0 aliphatic rings. The summed E-state index contributed by atoms with van der Waals surface area (Å²) in [7, 11) is -4.68. The van der Waals surface area contributed by atoms with Gasteiger partial charge in [0.25, 0.3) is 0 Å². The van der Waals surface area contributed by atoms with Crippen LogP contribution in [0.1, 0.15) is 143 Å². The van der Waals surface area contributed by atoms with Crippen LogP contribution in [0.3, 0.4) is 0 Å². The van der Waals surface area contributed by atoms with E-state index in [4.69, 9.17) is 19.1 Å². The fourth-order valence-corrected chi connectivity index (χ4v) is 6.14. The van der Waals surface area contributed by atoms with E-state index in [0.29, 0.717) is 32.1 Å². The Morgan fingerprint density at radius 2 is 1.28 bits per heavy atom. The molecule has 0 radical (unpaired) electrons. The summed E-state index contributed by atoms with van der Waals surface area (Å²) in [5.41, 5.74) is 0. The maximum absolute atomic E-state index is 12.6. The highest BCUT2D eigenvalue weighted by molar-refractivity contribution is 7.47. The number of esters is 2. The summed E-state index contributed by atoms with van der Waals surface area (Å²) in [5, 5.41) is 38.3. The number of unbranched alkanes of at least 4 members (excludes halogenated alkanes) is 10. The number of allylic oxidation sites excluding steroid dienone is 8. The first-order valence-electron chi connectivity index (χ1n) is 21.5. The average Bonchev–Trinajstić information content (AvgIpc) is 3.20. The summed E-state index contributed by atoms with van der Waals surface area (Å²) in [5.74, 6) is -0.288. The van der Waals surface area contributed by atoms with Crippen molar-refractivity contribution in [2.45, 2.75) is 167 Å². The van der Waals surface area contributed by atoms with Crippen LogP contribution in [0, 0.1) is 5.92 Å². The Morgan fingerprint density at radius 1 is 0.672 bits per heavy atom. The Balaban J connectivity index is 4.59. The first-order valence-corrected chi connectivity index (χ1v) is 23.0. The molecular weight excluding hydrogens is 763 g/mol. The van der Waals surface area contributed by atoms with E-state index in [0.717, 1.165) is 31.6 Å². The number of carbonyl (C=O) groups is 2. The number of phosphoric acid groups is 1. The summed E-state index contributed by atoms with van der Waals surface area (Å²) in [4.78, 5) is 35.0. The molecule has 0 rings (SSSR count). The van der Waals surface area contributed by atoms with E-state index >= 15 is 0 Å². The molecule has 0 saturated carbocycles. The quantitative estimate of drug-likeness (QED) is 0.0131. The normalized spacial score (nSPS) is 16.2. The monoisotopic (exact) mass is 841 g/mol. The number of phosphoric ester groups is 1. The second-order valence-electron chi connectivity index (χ2n) is 14.6. The van der Waals surface area contributed by atoms with Crippen molar-refractivity contribution in [1.29, 1.82) is 0 Å². The van der Waals surface area contributed by atoms with E-state index in [2.05, 4.69) is 18.4 Å². The van der Waals surface area contributed by atoms with Crippen molar-refractivity contribution in [3.8, 4) is 0 Å². The average molecular weight is 841 g/mol. The van der Waals surface area contributed by atoms with E-state index in [1.165, 1.54) is 51.4 Å². The molecule has 0 fully saturated rings. The molecule has 6 atom stereocenters. The number of aliphatic hydroxyl groups is 4. The molecule has 0 aromatic carbocycles. The number of rotatable bonds is 38. The van der Waals surface area contributed by atoms with Crippen LogP contribution in [0.15, 0.2) is 72.9 Å². The lowest BCUT2D eigenvalue weighted by Crippen LogP contribution is -2.29. The first-order chi connectivity index (χ1) is 27.9. The zero-order valence-electron chi connectivity index (χ0n) is 35.6. The van der Waals surface area contributed by atoms with E-state index in [1.54, 1.807) is 30.4 Å². The van der Waals surface area contributed by atoms with Gasteiger partial charge in [0.1, 0.15) is 12.7 Å². The van der Waals surface area contributed by atoms with Gasteiger partial charge in [-0.2, -0.15) is 0 Å². The van der Waals surface area contributed by atoms with Crippen molar-refractivity contribution in [1.82, 2.24) is 0 Å². The zero-order valence-corrected chi connectivity index (χ0v) is 36.5. The molecule has 0 bridgehead atoms. The molecule has 0 amide bonds. The Hall–Kier alpha value is -2.67. The Morgan fingerprint density at radius 3 is 1.91 bits per heavy atom. The Kier molecular flexibility index (Phi) is 36.8. The van der Waals surface area contributed by atoms with Crippen LogP contribution in [0.25, 0.3) is 0 Å². The molecule has 334 valence electrons. The summed E-state index contributed by atoms with van der Waals surface area (Å²) in [6, 6.07) is 0. The minimum absolute atomic E-state index is 0.00472. The molecule has 58 heavy (non-hydrogen) atoms. The maximum Gasteiger partial charge on any atom is 0.472 e. The number of aliphatic hydroxyl groups excluding tert-OH is 4. The van der Waals surface area contributed by atoms with Crippen molar-refractivity contribution in [3.63, 3.8) is 0 Å². The second kappa shape index (κ2) is 38.5. The fraction of sp³-hybridized carbons (Fsp3) is 0.689. The van der Waals surface area contributed by atoms with Gasteiger partial charge in [0.15, 0.2) is 6.10 Å². The van der Waals surface area contributed by atoms with Crippen LogP contribution in [-0.2, 0) is 32.7 Å². The SMILES string of the molecule is CC/C=C\C[C@H](O)/C=C/C=C\C/C=C\C=C\[C@H](O)/C=C\CCCC(=O)O[C@H](COC(=O)CCCCCCCCCCCCC(C)CC)COP(=O)(O)OC[C@@H](O)CO. The number of carbonyl (C=O) groups excluding carboxylic acids is 2. The van der Waals surface area contributed by atoms with Gasteiger partial charge in [-0.15, -0.1) is 0 Å². The van der Waals surface area contributed by atoms with Gasteiger partial charge in [-0.05, 0) is 44.4 Å². The standard InChI is InChI=1S/C45H77O12P/c1-4-6-21-29-40(47)30-23-17-13-11-14-18-24-31-41(48)32-25-20-27-34-45(51)57-43(38-56-58(52,53)55-36-42(49)35-46)37-54-44(50)33-26-19-15-10-8-7-9-12-16-22-28-39(3)5-2/h6,13-14,17-18,21,23-25,30-32,39-43,46-49H,4-5,7-12,15-16,19-20,22,26-29,33-38H2,1-3H3,(H,52,53)/b17-13-,18-14-,21-6-,30-23+,31-24+,32-25-/t39?,40-,41-,42-,43+/m0/s1. The van der Waals surface area contributed by atoms with Gasteiger partial charge in [-0.1, -0.05) is 164 Å². The van der Waals surface area contributed by atoms with Crippen LogP contribution in [0.4, 0.5) is 0 Å². The van der Waals surface area contributed by atoms with E-state index in [9.17, 15) is 34.4 Å². The van der Waals surface area contributed by atoms with Crippen molar-refractivity contribution < 1.29 is 58.0 Å². The Bertz CT molecular complexity index is 1240. The highest BCUT2D eigenvalue weighted by Crippen LogP contribution is 2.43. The lowest BCUT2D eigenvalue weighted by molar-refractivity contribution is -0.161. The van der Waals surface area contributed by atoms with Crippen molar-refractivity contribution in [3.05, 3.63) is 72.9 Å². The number of hydrogen-bond acceptors (Lipinski definition) is 11. The first kappa shape index (κ1) is 55.3. The van der Waals surface area contributed by atoms with E-state index in [-0.39, 0.29) is 19.4 Å². The zero-order chi connectivity index (χ0) is 43.1. The summed E-state index contributed by atoms with van der Waals surface area (Å²) < 4.78 is 32.5. The van der Waals surface area contributed by atoms with Gasteiger partial charge in [-0.3, -0.25) is 18.6 Å². The van der Waals surface area contributed by atoms with Crippen LogP contribution >= 0.6 is 7.82 Å². The second-order valence-corrected chi connectivity index (χ2v) is 16.1. The number of hydrogen-bond donors (Lipinski definition) is 5. The Labute approximate surface area is 349 Å². The van der Waals surface area contributed by atoms with Crippen LogP contribution in [0.2, 0.25) is 0 Å². The van der Waals surface area contributed by atoms with Crippen molar-refractivity contribution >= 4 is 19.8 Å².